The van der Waals surface area contributed by atoms with Gasteiger partial charge in [-0.15, -0.1) is 0 Å². The Kier molecular flexibility index (Phi) is 9.93. The second-order valence-electron chi connectivity index (χ2n) is 7.35. The second kappa shape index (κ2) is 12.4. The third-order valence-corrected chi connectivity index (χ3v) is 6.68. The number of urea groups is 1. The number of rotatable bonds is 8. The van der Waals surface area contributed by atoms with Crippen molar-refractivity contribution in [3.8, 4) is 5.75 Å². The van der Waals surface area contributed by atoms with Crippen LogP contribution in [0.25, 0.3) is 0 Å². The zero-order chi connectivity index (χ0) is 24.5. The van der Waals surface area contributed by atoms with E-state index >= 15 is 0 Å². The highest BCUT2D eigenvalue weighted by atomic mass is 32.2. The molecule has 10 heteroatoms. The molecule has 0 aliphatic heterocycles. The first-order chi connectivity index (χ1) is 15.6. The molecule has 0 N–H and O–H groups in total. The summed E-state index contributed by atoms with van der Waals surface area (Å²) in [6.45, 7) is 5.81. The molecule has 1 unspecified atom stereocenters. The van der Waals surface area contributed by atoms with Crippen LogP contribution in [0.1, 0.15) is 23.6 Å². The molecule has 0 aromatic heterocycles. The largest absolute Gasteiger partial charge is 0.426 e. The summed E-state index contributed by atoms with van der Waals surface area (Å²) in [5.41, 5.74) is 3.62. The van der Waals surface area contributed by atoms with Gasteiger partial charge in [0, 0.05) is 43.3 Å². The Morgan fingerprint density at radius 3 is 2.45 bits per heavy atom. The van der Waals surface area contributed by atoms with Crippen LogP contribution in [0, 0.1) is 13.8 Å². The van der Waals surface area contributed by atoms with E-state index in [1.165, 1.54) is 26.9 Å². The van der Waals surface area contributed by atoms with Gasteiger partial charge >= 0.3 is 12.1 Å². The Labute approximate surface area is 202 Å². The zero-order valence-corrected chi connectivity index (χ0v) is 21.4. The van der Waals surface area contributed by atoms with Crippen LogP contribution < -0.4 is 4.74 Å². The molecule has 0 aliphatic carbocycles. The summed E-state index contributed by atoms with van der Waals surface area (Å²) in [4.78, 5) is 30.9. The number of ether oxygens (including phenoxy) is 1. The van der Waals surface area contributed by atoms with E-state index in [2.05, 4.69) is 4.99 Å². The second-order valence-corrected chi connectivity index (χ2v) is 10.4. The Bertz CT molecular complexity index is 1040. The van der Waals surface area contributed by atoms with Gasteiger partial charge in [-0.2, -0.15) is 0 Å². The number of benzene rings is 2. The highest BCUT2D eigenvalue weighted by Gasteiger charge is 2.21. The topological polar surface area (TPSA) is 82.5 Å². The standard InChI is InChI=1S/C23H30N4O4S2/c1-7-33(30)15-19-10-8-9-11-21(19)31-23(29)27(6)32-26(5)22(28)25(4)16-24-20-13-12-17(2)14-18(20)3/h8-14,16H,7,15H2,1-6H3. The van der Waals surface area contributed by atoms with Crippen LogP contribution in [0.4, 0.5) is 15.3 Å². The van der Waals surface area contributed by atoms with Crippen molar-refractivity contribution < 1.29 is 18.5 Å². The van der Waals surface area contributed by atoms with E-state index < -0.39 is 16.9 Å². The van der Waals surface area contributed by atoms with E-state index in [1.54, 1.807) is 38.4 Å². The Balaban J connectivity index is 1.96. The number of aliphatic imine (C=N–C) groups is 1. The average Bonchev–Trinajstić information content (AvgIpc) is 2.78. The molecule has 0 heterocycles. The quantitative estimate of drug-likeness (QED) is 0.298. The van der Waals surface area contributed by atoms with Crippen LogP contribution in [0.5, 0.6) is 5.75 Å². The van der Waals surface area contributed by atoms with Gasteiger partial charge in [-0.3, -0.25) is 13.4 Å². The smallest absolute Gasteiger partial charge is 0.409 e. The summed E-state index contributed by atoms with van der Waals surface area (Å²) in [6, 6.07) is 12.5. The Morgan fingerprint density at radius 2 is 1.79 bits per heavy atom. The molecule has 0 bridgehead atoms. The van der Waals surface area contributed by atoms with Gasteiger partial charge in [-0.25, -0.2) is 18.9 Å². The lowest BCUT2D eigenvalue weighted by molar-refractivity contribution is 0.185. The summed E-state index contributed by atoms with van der Waals surface area (Å²) in [6.07, 6.45) is 0.792. The number of aryl methyl sites for hydroxylation is 2. The number of amides is 3. The number of para-hydroxylation sites is 1. The molecule has 0 saturated carbocycles. The van der Waals surface area contributed by atoms with Crippen molar-refractivity contribution in [2.24, 2.45) is 4.99 Å². The maximum Gasteiger partial charge on any atom is 0.426 e. The van der Waals surface area contributed by atoms with Gasteiger partial charge in [-0.05, 0) is 31.5 Å². The lowest BCUT2D eigenvalue weighted by Gasteiger charge is -2.24. The van der Waals surface area contributed by atoms with Crippen molar-refractivity contribution in [3.05, 3.63) is 59.2 Å². The fourth-order valence-corrected chi connectivity index (χ4v) is 4.24. The third kappa shape index (κ3) is 7.90. The van der Waals surface area contributed by atoms with Gasteiger partial charge < -0.3 is 4.74 Å². The molecule has 2 aromatic carbocycles. The molecule has 33 heavy (non-hydrogen) atoms. The summed E-state index contributed by atoms with van der Waals surface area (Å²) in [7, 11) is 3.62. The van der Waals surface area contributed by atoms with E-state index in [-0.39, 0.29) is 6.03 Å². The fourth-order valence-electron chi connectivity index (χ4n) is 2.78. The third-order valence-electron chi connectivity index (χ3n) is 4.60. The SMILES string of the molecule is CCS(=O)Cc1ccccc1OC(=O)N(C)SN(C)C(=O)N(C)C=Nc1ccc(C)cc1C. The highest BCUT2D eigenvalue weighted by molar-refractivity contribution is 7.95. The van der Waals surface area contributed by atoms with Crippen LogP contribution in [-0.2, 0) is 16.6 Å². The molecule has 0 radical (unpaired) electrons. The van der Waals surface area contributed by atoms with Crippen molar-refractivity contribution in [2.75, 3.05) is 26.9 Å². The van der Waals surface area contributed by atoms with Gasteiger partial charge in [0.25, 0.3) is 0 Å². The minimum Gasteiger partial charge on any atom is -0.409 e. The Hall–Kier alpha value is -2.85. The Morgan fingerprint density at radius 1 is 1.09 bits per heavy atom. The molecular formula is C23H30N4O4S2. The van der Waals surface area contributed by atoms with Crippen LogP contribution in [0.15, 0.2) is 47.5 Å². The summed E-state index contributed by atoms with van der Waals surface area (Å²) < 4.78 is 19.9. The van der Waals surface area contributed by atoms with Gasteiger partial charge in [0.15, 0.2) is 0 Å². The first-order valence-electron chi connectivity index (χ1n) is 10.3. The first kappa shape index (κ1) is 26.4. The number of carbonyl (C=O) groups is 2. The summed E-state index contributed by atoms with van der Waals surface area (Å²) >= 11 is 0.894. The molecule has 178 valence electrons. The number of hydrogen-bond donors (Lipinski definition) is 0. The van der Waals surface area contributed by atoms with Crippen molar-refractivity contribution in [1.82, 2.24) is 13.5 Å². The fraction of sp³-hybridized carbons (Fsp3) is 0.348. The lowest BCUT2D eigenvalue weighted by Crippen LogP contribution is -2.37. The van der Waals surface area contributed by atoms with Crippen molar-refractivity contribution >= 4 is 47.1 Å². The van der Waals surface area contributed by atoms with Gasteiger partial charge in [0.05, 0.1) is 29.9 Å². The molecule has 0 saturated heterocycles. The molecule has 0 spiro atoms. The van der Waals surface area contributed by atoms with Crippen molar-refractivity contribution in [1.29, 1.82) is 0 Å². The molecule has 0 fully saturated rings. The highest BCUT2D eigenvalue weighted by Crippen LogP contribution is 2.23. The van der Waals surface area contributed by atoms with E-state index in [0.717, 1.165) is 28.9 Å². The summed E-state index contributed by atoms with van der Waals surface area (Å²) in [5.74, 6) is 1.17. The minimum absolute atomic E-state index is 0.305. The lowest BCUT2D eigenvalue weighted by atomic mass is 10.1. The number of carbonyl (C=O) groups excluding carboxylic acids is 2. The van der Waals surface area contributed by atoms with Gasteiger partial charge in [0.2, 0.25) is 0 Å². The van der Waals surface area contributed by atoms with E-state index in [9.17, 15) is 13.8 Å². The maximum atomic E-state index is 12.7. The number of nitrogens with zero attached hydrogens (tertiary/aromatic N) is 4. The van der Waals surface area contributed by atoms with Gasteiger partial charge in [0.1, 0.15) is 5.75 Å². The van der Waals surface area contributed by atoms with E-state index in [1.807, 2.05) is 39.0 Å². The van der Waals surface area contributed by atoms with Crippen LogP contribution in [0.2, 0.25) is 0 Å². The molecule has 8 nitrogen and oxygen atoms in total. The molecule has 0 aliphatic rings. The molecule has 3 amide bonds. The van der Waals surface area contributed by atoms with Crippen LogP contribution in [0.3, 0.4) is 0 Å². The first-order valence-corrected chi connectivity index (χ1v) is 12.5. The molecule has 2 aromatic rings. The predicted octanol–water partition coefficient (Wildman–Crippen LogP) is 4.91. The van der Waals surface area contributed by atoms with Crippen LogP contribution >= 0.6 is 12.1 Å². The number of hydrogen-bond acceptors (Lipinski definition) is 6. The van der Waals surface area contributed by atoms with E-state index in [4.69, 9.17) is 4.74 Å². The average molecular weight is 491 g/mol. The summed E-state index contributed by atoms with van der Waals surface area (Å²) in [5, 5.41) is 0. The molecule has 2 rings (SSSR count). The molecular weight excluding hydrogens is 460 g/mol. The van der Waals surface area contributed by atoms with Crippen LogP contribution in [-0.4, -0.2) is 63.1 Å². The normalized spacial score (nSPS) is 11.8. The zero-order valence-electron chi connectivity index (χ0n) is 19.8. The minimum atomic E-state index is -1.03. The maximum absolute atomic E-state index is 12.7. The van der Waals surface area contributed by atoms with E-state index in [0.29, 0.717) is 22.8 Å². The monoisotopic (exact) mass is 490 g/mol. The van der Waals surface area contributed by atoms with Crippen molar-refractivity contribution in [3.63, 3.8) is 0 Å². The molecule has 1 atom stereocenters. The van der Waals surface area contributed by atoms with Gasteiger partial charge in [-0.1, -0.05) is 42.8 Å². The van der Waals surface area contributed by atoms with Crippen molar-refractivity contribution in [2.45, 2.75) is 26.5 Å². The predicted molar refractivity (Wildman–Crippen MR) is 135 cm³/mol.